The second-order valence-electron chi connectivity index (χ2n) is 5.03. The third-order valence-electron chi connectivity index (χ3n) is 3.69. The fraction of sp³-hybridized carbons (Fsp3) is 0.615. The van der Waals surface area contributed by atoms with E-state index in [1.54, 1.807) is 7.05 Å². The van der Waals surface area contributed by atoms with Crippen molar-refractivity contribution >= 4 is 27.4 Å². The van der Waals surface area contributed by atoms with Gasteiger partial charge in [-0.3, -0.25) is 0 Å². The molecule has 1 aromatic rings. The monoisotopic (exact) mass is 333 g/mol. The van der Waals surface area contributed by atoms with Crippen molar-refractivity contribution in [2.24, 2.45) is 0 Å². The van der Waals surface area contributed by atoms with Crippen molar-refractivity contribution < 1.29 is 13.5 Å². The number of nitrogens with one attached hydrogen (secondary N) is 1. The highest BCUT2D eigenvalue weighted by molar-refractivity contribution is 7.89. The molecular weight excluding hydrogens is 314 g/mol. The molecule has 1 atom stereocenters. The van der Waals surface area contributed by atoms with Gasteiger partial charge in [0.2, 0.25) is 10.0 Å². The second-order valence-corrected chi connectivity index (χ2v) is 7.33. The molecule has 2 rings (SSSR count). The molecule has 0 aliphatic carbocycles. The third kappa shape index (κ3) is 3.48. The SMILES string of the molecule is CNc1ncc(S(=O)(=O)N2CCCCC2CCO)cc1Cl. The molecule has 2 N–H and O–H groups in total. The van der Waals surface area contributed by atoms with Crippen molar-refractivity contribution in [1.82, 2.24) is 9.29 Å². The van der Waals surface area contributed by atoms with E-state index in [1.807, 2.05) is 0 Å². The number of rotatable bonds is 5. The van der Waals surface area contributed by atoms with Gasteiger partial charge in [-0.2, -0.15) is 4.31 Å². The molecule has 1 aliphatic rings. The van der Waals surface area contributed by atoms with E-state index >= 15 is 0 Å². The van der Waals surface area contributed by atoms with Gasteiger partial charge in [0, 0.05) is 32.4 Å². The zero-order valence-corrected chi connectivity index (χ0v) is 13.5. The number of aliphatic hydroxyl groups is 1. The molecule has 0 radical (unpaired) electrons. The first-order valence-electron chi connectivity index (χ1n) is 6.96. The molecule has 1 aliphatic heterocycles. The Morgan fingerprint density at radius 1 is 1.52 bits per heavy atom. The Bertz CT molecular complexity index is 592. The molecule has 8 heteroatoms. The minimum atomic E-state index is -3.63. The van der Waals surface area contributed by atoms with E-state index in [0.717, 1.165) is 19.3 Å². The minimum absolute atomic E-state index is 0.0195. The van der Waals surface area contributed by atoms with E-state index in [1.165, 1.54) is 16.6 Å². The molecule has 0 aromatic carbocycles. The van der Waals surface area contributed by atoms with Crippen LogP contribution in [0, 0.1) is 0 Å². The van der Waals surface area contributed by atoms with Gasteiger partial charge in [0.15, 0.2) is 0 Å². The topological polar surface area (TPSA) is 82.5 Å². The summed E-state index contributed by atoms with van der Waals surface area (Å²) in [6.45, 7) is 0.451. The number of sulfonamides is 1. The molecule has 2 heterocycles. The van der Waals surface area contributed by atoms with Crippen molar-refractivity contribution in [3.05, 3.63) is 17.3 Å². The van der Waals surface area contributed by atoms with Gasteiger partial charge in [-0.05, 0) is 25.3 Å². The molecule has 6 nitrogen and oxygen atoms in total. The second kappa shape index (κ2) is 6.91. The number of halogens is 1. The lowest BCUT2D eigenvalue weighted by molar-refractivity contribution is 0.192. The van der Waals surface area contributed by atoms with E-state index in [9.17, 15) is 8.42 Å². The first kappa shape index (κ1) is 16.5. The van der Waals surface area contributed by atoms with Gasteiger partial charge >= 0.3 is 0 Å². The average Bonchev–Trinajstić information content (AvgIpc) is 2.48. The Kier molecular flexibility index (Phi) is 5.43. The maximum absolute atomic E-state index is 12.7. The highest BCUT2D eigenvalue weighted by Crippen LogP contribution is 2.29. The number of nitrogens with zero attached hydrogens (tertiary/aromatic N) is 2. The summed E-state index contributed by atoms with van der Waals surface area (Å²) in [6, 6.07) is 1.26. The molecule has 1 fully saturated rings. The number of aromatic nitrogens is 1. The van der Waals surface area contributed by atoms with E-state index in [2.05, 4.69) is 10.3 Å². The number of hydrogen-bond donors (Lipinski definition) is 2. The average molecular weight is 334 g/mol. The van der Waals surface area contributed by atoms with E-state index < -0.39 is 10.0 Å². The third-order valence-corrected chi connectivity index (χ3v) is 5.90. The van der Waals surface area contributed by atoms with Crippen molar-refractivity contribution in [3.63, 3.8) is 0 Å². The zero-order chi connectivity index (χ0) is 15.5. The Labute approximate surface area is 130 Å². The van der Waals surface area contributed by atoms with E-state index in [-0.39, 0.29) is 22.6 Å². The van der Waals surface area contributed by atoms with Gasteiger partial charge in [-0.15, -0.1) is 0 Å². The fourth-order valence-electron chi connectivity index (χ4n) is 2.61. The van der Waals surface area contributed by atoms with Crippen LogP contribution in [0.25, 0.3) is 0 Å². The van der Waals surface area contributed by atoms with Crippen LogP contribution >= 0.6 is 11.6 Å². The number of hydrogen-bond acceptors (Lipinski definition) is 5. The van der Waals surface area contributed by atoms with Crippen LogP contribution in [-0.4, -0.2) is 49.1 Å². The van der Waals surface area contributed by atoms with Gasteiger partial charge < -0.3 is 10.4 Å². The maximum Gasteiger partial charge on any atom is 0.244 e. The van der Waals surface area contributed by atoms with Crippen LogP contribution in [0.15, 0.2) is 17.2 Å². The predicted molar refractivity (Wildman–Crippen MR) is 82.0 cm³/mol. The van der Waals surface area contributed by atoms with Crippen molar-refractivity contribution in [3.8, 4) is 0 Å². The summed E-state index contributed by atoms with van der Waals surface area (Å²) in [5.74, 6) is 0.446. The summed E-state index contributed by atoms with van der Waals surface area (Å²) in [6.07, 6.45) is 4.35. The standard InChI is InChI=1S/C13H20ClN3O3S/c1-15-13-12(14)8-11(9-16-13)21(19,20)17-6-3-2-4-10(17)5-7-18/h8-10,18H,2-7H2,1H3,(H,15,16). The quantitative estimate of drug-likeness (QED) is 0.857. The van der Waals surface area contributed by atoms with Gasteiger partial charge in [0.05, 0.1) is 5.02 Å². The fourth-order valence-corrected chi connectivity index (χ4v) is 4.63. The van der Waals surface area contributed by atoms with Crippen molar-refractivity contribution in [1.29, 1.82) is 0 Å². The van der Waals surface area contributed by atoms with E-state index in [0.29, 0.717) is 18.8 Å². The van der Waals surface area contributed by atoms with Gasteiger partial charge in [0.1, 0.15) is 10.7 Å². The van der Waals surface area contributed by atoms with Crippen molar-refractivity contribution in [2.75, 3.05) is 25.5 Å². The zero-order valence-electron chi connectivity index (χ0n) is 11.9. The number of aliphatic hydroxyl groups excluding tert-OH is 1. The number of pyridine rings is 1. The largest absolute Gasteiger partial charge is 0.396 e. The molecule has 0 bridgehead atoms. The molecule has 1 aromatic heterocycles. The lowest BCUT2D eigenvalue weighted by Crippen LogP contribution is -2.44. The van der Waals surface area contributed by atoms with Crippen LogP contribution in [0.1, 0.15) is 25.7 Å². The number of anilines is 1. The van der Waals surface area contributed by atoms with Crippen LogP contribution in [0.4, 0.5) is 5.82 Å². The minimum Gasteiger partial charge on any atom is -0.396 e. The lowest BCUT2D eigenvalue weighted by Gasteiger charge is -2.34. The molecule has 0 amide bonds. The Morgan fingerprint density at radius 2 is 2.29 bits per heavy atom. The summed E-state index contributed by atoms with van der Waals surface area (Å²) in [5, 5.41) is 12.2. The Balaban J connectivity index is 2.33. The molecule has 1 saturated heterocycles. The summed E-state index contributed by atoms with van der Waals surface area (Å²) in [4.78, 5) is 4.12. The number of piperidine rings is 1. The van der Waals surface area contributed by atoms with Crippen LogP contribution in [0.3, 0.4) is 0 Å². The van der Waals surface area contributed by atoms with Crippen LogP contribution < -0.4 is 5.32 Å². The van der Waals surface area contributed by atoms with Crippen LogP contribution in [0.2, 0.25) is 5.02 Å². The van der Waals surface area contributed by atoms with Crippen LogP contribution in [-0.2, 0) is 10.0 Å². The predicted octanol–water partition coefficient (Wildman–Crippen LogP) is 1.70. The van der Waals surface area contributed by atoms with Crippen LogP contribution in [0.5, 0.6) is 0 Å². The normalized spacial score (nSPS) is 20.4. The summed E-state index contributed by atoms with van der Waals surface area (Å²) < 4.78 is 27.0. The van der Waals surface area contributed by atoms with Gasteiger partial charge in [-0.1, -0.05) is 18.0 Å². The highest BCUT2D eigenvalue weighted by Gasteiger charge is 2.33. The van der Waals surface area contributed by atoms with Gasteiger partial charge in [-0.25, -0.2) is 13.4 Å². The summed E-state index contributed by atoms with van der Waals surface area (Å²) in [7, 11) is -1.96. The Hall–Kier alpha value is -0.890. The Morgan fingerprint density at radius 3 is 2.90 bits per heavy atom. The molecule has 0 spiro atoms. The first-order valence-corrected chi connectivity index (χ1v) is 8.78. The van der Waals surface area contributed by atoms with E-state index in [4.69, 9.17) is 16.7 Å². The first-order chi connectivity index (χ1) is 10.0. The summed E-state index contributed by atoms with van der Waals surface area (Å²) in [5.41, 5.74) is 0. The molecule has 118 valence electrons. The highest BCUT2D eigenvalue weighted by atomic mass is 35.5. The smallest absolute Gasteiger partial charge is 0.244 e. The molecule has 0 saturated carbocycles. The van der Waals surface area contributed by atoms with Gasteiger partial charge in [0.25, 0.3) is 0 Å². The summed E-state index contributed by atoms with van der Waals surface area (Å²) >= 11 is 6.02. The lowest BCUT2D eigenvalue weighted by atomic mass is 10.0. The van der Waals surface area contributed by atoms with Crippen molar-refractivity contribution in [2.45, 2.75) is 36.6 Å². The maximum atomic E-state index is 12.7. The molecular formula is C13H20ClN3O3S. The molecule has 1 unspecified atom stereocenters. The molecule has 21 heavy (non-hydrogen) atoms.